The number of aromatic nitrogens is 2. The standard InChI is InChI=1S/C22H21F3N4S2/c1-13-15(3-2-8-29(13)11-22(23,24)25)20-10-16-17(6-7-26-21(16)31-20)28-14-4-5-19-18(9-14)27-12-30-19/h4-7,9-10,12-13,15H,2-3,8,11H2,1H3,(H,26,28). The Morgan fingerprint density at radius 3 is 2.90 bits per heavy atom. The number of fused-ring (bicyclic) bond motifs is 2. The topological polar surface area (TPSA) is 41.1 Å². The zero-order valence-electron chi connectivity index (χ0n) is 16.8. The van der Waals surface area contributed by atoms with Crippen molar-refractivity contribution >= 4 is 54.5 Å². The van der Waals surface area contributed by atoms with Crippen LogP contribution in [0.5, 0.6) is 0 Å². The van der Waals surface area contributed by atoms with Crippen molar-refractivity contribution in [2.45, 2.75) is 37.9 Å². The fourth-order valence-electron chi connectivity index (χ4n) is 4.39. The highest BCUT2D eigenvalue weighted by atomic mass is 32.1. The van der Waals surface area contributed by atoms with E-state index in [4.69, 9.17) is 0 Å². The maximum Gasteiger partial charge on any atom is 0.401 e. The van der Waals surface area contributed by atoms with Crippen molar-refractivity contribution in [1.29, 1.82) is 0 Å². The number of pyridine rings is 1. The van der Waals surface area contributed by atoms with E-state index in [0.29, 0.717) is 6.54 Å². The fourth-order valence-corrected chi connectivity index (χ4v) is 6.31. The van der Waals surface area contributed by atoms with Crippen molar-refractivity contribution in [3.8, 4) is 0 Å². The largest absolute Gasteiger partial charge is 0.401 e. The molecule has 2 unspecified atom stereocenters. The van der Waals surface area contributed by atoms with Gasteiger partial charge in [0.15, 0.2) is 0 Å². The molecule has 0 aliphatic carbocycles. The number of thiophene rings is 1. The normalized spacial score (nSPS) is 20.5. The molecule has 2 atom stereocenters. The summed E-state index contributed by atoms with van der Waals surface area (Å²) in [7, 11) is 0. The van der Waals surface area contributed by atoms with E-state index in [1.165, 1.54) is 0 Å². The van der Waals surface area contributed by atoms with Crippen LogP contribution in [0, 0.1) is 0 Å². The maximum absolute atomic E-state index is 13.0. The van der Waals surface area contributed by atoms with E-state index in [1.807, 2.05) is 36.7 Å². The van der Waals surface area contributed by atoms with Gasteiger partial charge in [-0.2, -0.15) is 13.2 Å². The number of rotatable bonds is 4. The van der Waals surface area contributed by atoms with Gasteiger partial charge in [-0.3, -0.25) is 4.90 Å². The number of thiazole rings is 1. The molecule has 31 heavy (non-hydrogen) atoms. The van der Waals surface area contributed by atoms with Gasteiger partial charge >= 0.3 is 6.18 Å². The highest BCUT2D eigenvalue weighted by molar-refractivity contribution is 7.18. The smallest absolute Gasteiger partial charge is 0.355 e. The van der Waals surface area contributed by atoms with Crippen LogP contribution in [-0.4, -0.2) is 40.2 Å². The van der Waals surface area contributed by atoms with Crippen molar-refractivity contribution in [3.05, 3.63) is 46.9 Å². The zero-order chi connectivity index (χ0) is 21.6. The van der Waals surface area contributed by atoms with Gasteiger partial charge in [0, 0.05) is 34.1 Å². The van der Waals surface area contributed by atoms with Gasteiger partial charge in [-0.1, -0.05) is 0 Å². The summed E-state index contributed by atoms with van der Waals surface area (Å²) < 4.78 is 40.1. The third-order valence-electron chi connectivity index (χ3n) is 5.93. The second kappa shape index (κ2) is 8.03. The Balaban J connectivity index is 1.43. The first kappa shape index (κ1) is 20.7. The molecule has 0 amide bonds. The number of anilines is 2. The summed E-state index contributed by atoms with van der Waals surface area (Å²) in [6.45, 7) is 1.56. The van der Waals surface area contributed by atoms with Crippen LogP contribution >= 0.6 is 22.7 Å². The van der Waals surface area contributed by atoms with E-state index in [1.54, 1.807) is 33.8 Å². The van der Waals surface area contributed by atoms with Gasteiger partial charge in [0.05, 0.1) is 28.0 Å². The molecule has 0 bridgehead atoms. The average molecular weight is 463 g/mol. The molecule has 9 heteroatoms. The van der Waals surface area contributed by atoms with Crippen LogP contribution in [0.15, 0.2) is 42.0 Å². The lowest BCUT2D eigenvalue weighted by atomic mass is 9.88. The number of nitrogens with zero attached hydrogens (tertiary/aromatic N) is 3. The summed E-state index contributed by atoms with van der Waals surface area (Å²) in [4.78, 5) is 12.5. The van der Waals surface area contributed by atoms with Gasteiger partial charge in [0.25, 0.3) is 0 Å². The SMILES string of the molecule is CC1C(c2cc3c(Nc4ccc5scnc5c4)ccnc3s2)CCCN1CC(F)(F)F. The minimum absolute atomic E-state index is 0.0782. The summed E-state index contributed by atoms with van der Waals surface area (Å²) in [5, 5.41) is 4.47. The number of nitrogens with one attached hydrogen (secondary N) is 1. The van der Waals surface area contributed by atoms with E-state index in [2.05, 4.69) is 21.4 Å². The molecule has 0 spiro atoms. The second-order valence-electron chi connectivity index (χ2n) is 7.96. The molecule has 4 nitrogen and oxygen atoms in total. The van der Waals surface area contributed by atoms with Gasteiger partial charge in [-0.15, -0.1) is 22.7 Å². The molecule has 1 aromatic carbocycles. The highest BCUT2D eigenvalue weighted by Gasteiger charge is 2.37. The van der Waals surface area contributed by atoms with E-state index in [9.17, 15) is 13.2 Å². The Hall–Kier alpha value is -2.23. The monoisotopic (exact) mass is 462 g/mol. The molecule has 0 radical (unpaired) electrons. The first-order valence-electron chi connectivity index (χ1n) is 10.2. The average Bonchev–Trinajstić information content (AvgIpc) is 3.35. The van der Waals surface area contributed by atoms with Crippen LogP contribution < -0.4 is 5.32 Å². The van der Waals surface area contributed by atoms with E-state index in [-0.39, 0.29) is 12.0 Å². The Morgan fingerprint density at radius 2 is 2.06 bits per heavy atom. The predicted octanol–water partition coefficient (Wildman–Crippen LogP) is 6.78. The molecule has 162 valence electrons. The molecule has 4 heterocycles. The molecule has 3 aromatic heterocycles. The summed E-state index contributed by atoms with van der Waals surface area (Å²) >= 11 is 3.19. The van der Waals surface area contributed by atoms with Gasteiger partial charge in [0.1, 0.15) is 4.83 Å². The van der Waals surface area contributed by atoms with E-state index < -0.39 is 12.7 Å². The number of alkyl halides is 3. The van der Waals surface area contributed by atoms with Crippen LogP contribution in [0.25, 0.3) is 20.4 Å². The lowest BCUT2D eigenvalue weighted by Crippen LogP contribution is -2.46. The van der Waals surface area contributed by atoms with Gasteiger partial charge < -0.3 is 5.32 Å². The quantitative estimate of drug-likeness (QED) is 0.363. The maximum atomic E-state index is 13.0. The molecule has 5 rings (SSSR count). The second-order valence-corrected chi connectivity index (χ2v) is 9.91. The van der Waals surface area contributed by atoms with Gasteiger partial charge in [0.2, 0.25) is 0 Å². The number of halogens is 3. The fraction of sp³-hybridized carbons (Fsp3) is 0.364. The van der Waals surface area contributed by atoms with Gasteiger partial charge in [-0.05, 0) is 56.6 Å². The van der Waals surface area contributed by atoms with E-state index in [0.717, 1.165) is 49.5 Å². The van der Waals surface area contributed by atoms with E-state index >= 15 is 0 Å². The third-order valence-corrected chi connectivity index (χ3v) is 7.92. The summed E-state index contributed by atoms with van der Waals surface area (Å²) in [5.74, 6) is 0.0782. The van der Waals surface area contributed by atoms with Crippen molar-refractivity contribution in [2.75, 3.05) is 18.4 Å². The minimum Gasteiger partial charge on any atom is -0.355 e. The van der Waals surface area contributed by atoms with Crippen LogP contribution in [0.3, 0.4) is 0 Å². The minimum atomic E-state index is -4.17. The molecule has 1 fully saturated rings. The molecule has 1 aliphatic rings. The number of benzene rings is 1. The van der Waals surface area contributed by atoms with Crippen molar-refractivity contribution in [2.24, 2.45) is 0 Å². The lowest BCUT2D eigenvalue weighted by Gasteiger charge is -2.39. The van der Waals surface area contributed by atoms with Crippen molar-refractivity contribution < 1.29 is 13.2 Å². The number of hydrogen-bond donors (Lipinski definition) is 1. The van der Waals surface area contributed by atoms with Gasteiger partial charge in [-0.25, -0.2) is 9.97 Å². The molecular formula is C22H21F3N4S2. The number of likely N-dealkylation sites (tertiary alicyclic amines) is 1. The van der Waals surface area contributed by atoms with Crippen LogP contribution in [-0.2, 0) is 0 Å². The Labute approximate surface area is 185 Å². The number of hydrogen-bond acceptors (Lipinski definition) is 6. The molecule has 1 saturated heterocycles. The van der Waals surface area contributed by atoms with Crippen LogP contribution in [0.1, 0.15) is 30.6 Å². The first-order chi connectivity index (χ1) is 14.9. The molecule has 0 saturated carbocycles. The molecule has 1 aliphatic heterocycles. The van der Waals surface area contributed by atoms with Crippen molar-refractivity contribution in [3.63, 3.8) is 0 Å². The Morgan fingerprint density at radius 1 is 1.19 bits per heavy atom. The lowest BCUT2D eigenvalue weighted by molar-refractivity contribution is -0.153. The highest BCUT2D eigenvalue weighted by Crippen LogP contribution is 2.41. The molecular weight excluding hydrogens is 441 g/mol. The summed E-state index contributed by atoms with van der Waals surface area (Å²) in [5.41, 5.74) is 4.67. The summed E-state index contributed by atoms with van der Waals surface area (Å²) in [6, 6.07) is 9.97. The zero-order valence-corrected chi connectivity index (χ0v) is 18.4. The Bertz CT molecular complexity index is 1220. The predicted molar refractivity (Wildman–Crippen MR) is 122 cm³/mol. The number of piperidine rings is 1. The third kappa shape index (κ3) is 4.26. The molecule has 1 N–H and O–H groups in total. The summed E-state index contributed by atoms with van der Waals surface area (Å²) in [6.07, 6.45) is -0.739. The van der Waals surface area contributed by atoms with Crippen LogP contribution in [0.2, 0.25) is 0 Å². The van der Waals surface area contributed by atoms with Crippen LogP contribution in [0.4, 0.5) is 24.5 Å². The first-order valence-corrected chi connectivity index (χ1v) is 11.9. The van der Waals surface area contributed by atoms with Crippen molar-refractivity contribution in [1.82, 2.24) is 14.9 Å². The molecule has 4 aromatic rings. The Kier molecular flexibility index (Phi) is 5.35.